The van der Waals surface area contributed by atoms with Crippen molar-refractivity contribution in [1.82, 2.24) is 4.72 Å². The third-order valence-corrected chi connectivity index (χ3v) is 4.88. The zero-order valence-electron chi connectivity index (χ0n) is 13.1. The van der Waals surface area contributed by atoms with E-state index < -0.39 is 39.1 Å². The van der Waals surface area contributed by atoms with Crippen LogP contribution in [-0.2, 0) is 21.2 Å². The van der Waals surface area contributed by atoms with Gasteiger partial charge in [0, 0.05) is 6.42 Å². The van der Waals surface area contributed by atoms with E-state index in [0.717, 1.165) is 12.1 Å². The van der Waals surface area contributed by atoms with Crippen molar-refractivity contribution >= 4 is 21.6 Å². The molecule has 0 atom stereocenters. The first-order valence-electron chi connectivity index (χ1n) is 7.20. The molecule has 0 aliphatic rings. The second-order valence-corrected chi connectivity index (χ2v) is 7.01. The minimum absolute atomic E-state index is 0.0451. The van der Waals surface area contributed by atoms with Crippen molar-refractivity contribution in [3.05, 3.63) is 59.4 Å². The Balaban J connectivity index is 1.98. The molecule has 2 N–H and O–H groups in total. The molecule has 0 spiro atoms. The number of aryl methyl sites for hydroxylation is 1. The number of rotatable bonds is 6. The summed E-state index contributed by atoms with van der Waals surface area (Å²) in [6.07, 6.45) is 0.216. The Kier molecular flexibility index (Phi) is 5.81. The molecule has 0 radical (unpaired) electrons. The average Bonchev–Trinajstić information content (AvgIpc) is 2.61. The Hall–Kier alpha value is -2.39. The molecule has 0 heterocycles. The molecule has 0 aromatic heterocycles. The number of halogens is 3. The number of nitrogens with one attached hydrogen (secondary N) is 2. The summed E-state index contributed by atoms with van der Waals surface area (Å²) >= 11 is 0. The van der Waals surface area contributed by atoms with E-state index in [0.29, 0.717) is 5.56 Å². The highest BCUT2D eigenvalue weighted by molar-refractivity contribution is 7.89. The summed E-state index contributed by atoms with van der Waals surface area (Å²) in [6, 6.07) is 7.55. The van der Waals surface area contributed by atoms with Crippen molar-refractivity contribution in [2.24, 2.45) is 0 Å². The fraction of sp³-hybridized carbons (Fsp3) is 0.188. The van der Waals surface area contributed by atoms with Gasteiger partial charge in [-0.15, -0.1) is 0 Å². The molecule has 0 unspecified atom stereocenters. The molecule has 0 fully saturated rings. The van der Waals surface area contributed by atoms with Gasteiger partial charge < -0.3 is 5.32 Å². The van der Waals surface area contributed by atoms with Crippen LogP contribution in [-0.4, -0.2) is 21.4 Å². The minimum atomic E-state index is -3.54. The van der Waals surface area contributed by atoms with Crippen LogP contribution in [0, 0.1) is 17.5 Å². The van der Waals surface area contributed by atoms with E-state index in [9.17, 15) is 26.4 Å². The van der Waals surface area contributed by atoms with Gasteiger partial charge in [0.25, 0.3) is 0 Å². The van der Waals surface area contributed by atoms with Crippen molar-refractivity contribution in [1.29, 1.82) is 0 Å². The third kappa shape index (κ3) is 4.58. The predicted molar refractivity (Wildman–Crippen MR) is 86.0 cm³/mol. The lowest BCUT2D eigenvalue weighted by Gasteiger charge is -2.08. The van der Waals surface area contributed by atoms with Crippen LogP contribution in [0.3, 0.4) is 0 Å². The Morgan fingerprint density at radius 3 is 2.24 bits per heavy atom. The largest absolute Gasteiger partial charge is 0.323 e. The maximum absolute atomic E-state index is 13.5. The number of sulfonamides is 1. The van der Waals surface area contributed by atoms with Crippen LogP contribution >= 0.6 is 0 Å². The predicted octanol–water partition coefficient (Wildman–Crippen LogP) is 2.58. The Labute approximate surface area is 142 Å². The molecule has 5 nitrogen and oxygen atoms in total. The second kappa shape index (κ2) is 7.66. The topological polar surface area (TPSA) is 75.3 Å². The molecule has 2 aromatic rings. The van der Waals surface area contributed by atoms with Gasteiger partial charge in [0.15, 0.2) is 17.5 Å². The number of amides is 1. The van der Waals surface area contributed by atoms with E-state index in [4.69, 9.17) is 0 Å². The Morgan fingerprint density at radius 1 is 1.00 bits per heavy atom. The van der Waals surface area contributed by atoms with Crippen molar-refractivity contribution in [3.63, 3.8) is 0 Å². The molecule has 0 saturated carbocycles. The van der Waals surface area contributed by atoms with Gasteiger partial charge in [-0.2, -0.15) is 0 Å². The van der Waals surface area contributed by atoms with Crippen molar-refractivity contribution in [2.75, 3.05) is 12.4 Å². The van der Waals surface area contributed by atoms with Gasteiger partial charge in [-0.3, -0.25) is 4.79 Å². The molecule has 2 aromatic carbocycles. The van der Waals surface area contributed by atoms with Gasteiger partial charge in [0.05, 0.1) is 10.6 Å². The third-order valence-electron chi connectivity index (χ3n) is 3.45. The van der Waals surface area contributed by atoms with Crippen LogP contribution in [0.25, 0.3) is 0 Å². The van der Waals surface area contributed by atoms with Gasteiger partial charge in [-0.25, -0.2) is 26.3 Å². The zero-order valence-corrected chi connectivity index (χ0v) is 14.0. The van der Waals surface area contributed by atoms with Gasteiger partial charge in [-0.05, 0) is 43.3 Å². The summed E-state index contributed by atoms with van der Waals surface area (Å²) in [5.74, 6) is -5.04. The van der Waals surface area contributed by atoms with E-state index in [1.165, 1.54) is 19.2 Å². The standard InChI is InChI=1S/C16H15F3N2O3S/c1-20-25(23,24)11-5-2-10(3-6-11)4-9-14(22)21-13-8-7-12(17)15(18)16(13)19/h2-3,5-8,20H,4,9H2,1H3,(H,21,22). The number of benzene rings is 2. The van der Waals surface area contributed by atoms with E-state index >= 15 is 0 Å². The van der Waals surface area contributed by atoms with Gasteiger partial charge >= 0.3 is 0 Å². The lowest BCUT2D eigenvalue weighted by molar-refractivity contribution is -0.116. The molecule has 2 rings (SSSR count). The van der Waals surface area contributed by atoms with Gasteiger partial charge in [-0.1, -0.05) is 12.1 Å². The Morgan fingerprint density at radius 2 is 1.64 bits per heavy atom. The summed E-state index contributed by atoms with van der Waals surface area (Å²) in [5, 5.41) is 2.17. The average molecular weight is 372 g/mol. The van der Waals surface area contributed by atoms with E-state index in [1.54, 1.807) is 12.1 Å². The van der Waals surface area contributed by atoms with Crippen molar-refractivity contribution in [2.45, 2.75) is 17.7 Å². The van der Waals surface area contributed by atoms with Crippen LogP contribution < -0.4 is 10.0 Å². The summed E-state index contributed by atoms with van der Waals surface area (Å²) in [4.78, 5) is 11.9. The fourth-order valence-corrected chi connectivity index (χ4v) is 2.78. The highest BCUT2D eigenvalue weighted by Crippen LogP contribution is 2.20. The maximum Gasteiger partial charge on any atom is 0.240 e. The van der Waals surface area contributed by atoms with Crippen LogP contribution in [0.4, 0.5) is 18.9 Å². The highest BCUT2D eigenvalue weighted by Gasteiger charge is 2.15. The molecule has 0 aliphatic heterocycles. The summed E-state index contributed by atoms with van der Waals surface area (Å²) in [6.45, 7) is 0. The summed E-state index contributed by atoms with van der Waals surface area (Å²) < 4.78 is 64.8. The monoisotopic (exact) mass is 372 g/mol. The van der Waals surface area contributed by atoms with E-state index in [-0.39, 0.29) is 17.7 Å². The SMILES string of the molecule is CNS(=O)(=O)c1ccc(CCC(=O)Nc2ccc(F)c(F)c2F)cc1. The lowest BCUT2D eigenvalue weighted by Crippen LogP contribution is -2.18. The molecule has 0 saturated heterocycles. The number of carbonyl (C=O) groups excluding carboxylic acids is 1. The highest BCUT2D eigenvalue weighted by atomic mass is 32.2. The zero-order chi connectivity index (χ0) is 18.6. The quantitative estimate of drug-likeness (QED) is 0.766. The van der Waals surface area contributed by atoms with Crippen LogP contribution in [0.15, 0.2) is 41.3 Å². The molecular formula is C16H15F3N2O3S. The summed E-state index contributed by atoms with van der Waals surface area (Å²) in [7, 11) is -2.24. The lowest BCUT2D eigenvalue weighted by atomic mass is 10.1. The Bertz CT molecular complexity index is 884. The smallest absolute Gasteiger partial charge is 0.240 e. The first-order chi connectivity index (χ1) is 11.7. The number of hydrogen-bond donors (Lipinski definition) is 2. The van der Waals surface area contributed by atoms with Gasteiger partial charge in [0.2, 0.25) is 15.9 Å². The molecular weight excluding hydrogens is 357 g/mol. The van der Waals surface area contributed by atoms with E-state index in [1.807, 2.05) is 0 Å². The van der Waals surface area contributed by atoms with Crippen LogP contribution in [0.1, 0.15) is 12.0 Å². The first kappa shape index (κ1) is 18.9. The molecule has 0 aliphatic carbocycles. The molecule has 1 amide bonds. The molecule has 25 heavy (non-hydrogen) atoms. The maximum atomic E-state index is 13.5. The van der Waals surface area contributed by atoms with Crippen LogP contribution in [0.2, 0.25) is 0 Å². The van der Waals surface area contributed by atoms with Crippen molar-refractivity contribution in [3.8, 4) is 0 Å². The normalized spacial score (nSPS) is 11.4. The van der Waals surface area contributed by atoms with E-state index in [2.05, 4.69) is 10.0 Å². The first-order valence-corrected chi connectivity index (χ1v) is 8.68. The second-order valence-electron chi connectivity index (χ2n) is 5.12. The number of carbonyl (C=O) groups is 1. The number of anilines is 1. The number of hydrogen-bond acceptors (Lipinski definition) is 3. The molecule has 9 heteroatoms. The summed E-state index contributed by atoms with van der Waals surface area (Å²) in [5.41, 5.74) is 0.246. The van der Waals surface area contributed by atoms with Crippen LogP contribution in [0.5, 0.6) is 0 Å². The molecule has 134 valence electrons. The molecule has 0 bridgehead atoms. The van der Waals surface area contributed by atoms with Crippen molar-refractivity contribution < 1.29 is 26.4 Å². The fourth-order valence-electron chi connectivity index (χ4n) is 2.05. The van der Waals surface area contributed by atoms with Gasteiger partial charge in [0.1, 0.15) is 0 Å². The minimum Gasteiger partial charge on any atom is -0.323 e.